The van der Waals surface area contributed by atoms with Gasteiger partial charge in [-0.25, -0.2) is 0 Å². The molecule has 0 bridgehead atoms. The molecular formula is C23H31NO3. The van der Waals surface area contributed by atoms with Gasteiger partial charge in [0, 0.05) is 5.69 Å². The van der Waals surface area contributed by atoms with Gasteiger partial charge in [-0.3, -0.25) is 4.79 Å². The van der Waals surface area contributed by atoms with E-state index in [2.05, 4.69) is 33.0 Å². The van der Waals surface area contributed by atoms with E-state index in [-0.39, 0.29) is 11.3 Å². The summed E-state index contributed by atoms with van der Waals surface area (Å²) in [4.78, 5) is 12.4. The van der Waals surface area contributed by atoms with Crippen LogP contribution in [0.4, 0.5) is 5.69 Å². The molecule has 0 aliphatic carbocycles. The minimum atomic E-state index is -0.592. The third-order valence-corrected chi connectivity index (χ3v) is 4.29. The van der Waals surface area contributed by atoms with Crippen molar-refractivity contribution in [1.82, 2.24) is 0 Å². The average molecular weight is 370 g/mol. The van der Waals surface area contributed by atoms with Gasteiger partial charge in [-0.2, -0.15) is 0 Å². The summed E-state index contributed by atoms with van der Waals surface area (Å²) >= 11 is 0. The monoisotopic (exact) mass is 369 g/mol. The maximum Gasteiger partial charge on any atom is 0.265 e. The number of unbranched alkanes of at least 4 members (excludes halogenated alkanes) is 1. The van der Waals surface area contributed by atoms with Gasteiger partial charge >= 0.3 is 0 Å². The number of benzene rings is 2. The molecule has 4 heteroatoms. The Labute approximate surface area is 162 Å². The Morgan fingerprint density at radius 2 is 1.59 bits per heavy atom. The van der Waals surface area contributed by atoms with Crippen LogP contribution in [-0.2, 0) is 10.2 Å². The van der Waals surface area contributed by atoms with Gasteiger partial charge in [-0.05, 0) is 60.7 Å². The quantitative estimate of drug-likeness (QED) is 0.619. The highest BCUT2D eigenvalue weighted by molar-refractivity contribution is 5.94. The van der Waals surface area contributed by atoms with Gasteiger partial charge in [-0.1, -0.05) is 46.2 Å². The summed E-state index contributed by atoms with van der Waals surface area (Å²) in [5, 5.41) is 2.87. The molecule has 1 unspecified atom stereocenters. The molecule has 0 aliphatic heterocycles. The van der Waals surface area contributed by atoms with Crippen LogP contribution in [0.1, 0.15) is 53.0 Å². The van der Waals surface area contributed by atoms with Crippen molar-refractivity contribution in [3.63, 3.8) is 0 Å². The normalized spacial score (nSPS) is 12.3. The first kappa shape index (κ1) is 20.8. The van der Waals surface area contributed by atoms with Gasteiger partial charge in [0.1, 0.15) is 11.5 Å². The zero-order chi connectivity index (χ0) is 19.9. The molecule has 2 rings (SSSR count). The molecule has 1 atom stereocenters. The van der Waals surface area contributed by atoms with E-state index in [9.17, 15) is 4.79 Å². The smallest absolute Gasteiger partial charge is 0.265 e. The Kier molecular flexibility index (Phi) is 7.28. The highest BCUT2D eigenvalue weighted by atomic mass is 16.5. The molecular weight excluding hydrogens is 338 g/mol. The number of amides is 1. The Morgan fingerprint density at radius 1 is 1.00 bits per heavy atom. The van der Waals surface area contributed by atoms with E-state index in [1.165, 1.54) is 5.56 Å². The average Bonchev–Trinajstić information content (AvgIpc) is 2.63. The number of hydrogen-bond donors (Lipinski definition) is 1. The van der Waals surface area contributed by atoms with Crippen LogP contribution in [0.2, 0.25) is 0 Å². The van der Waals surface area contributed by atoms with Crippen molar-refractivity contribution < 1.29 is 14.3 Å². The molecule has 0 fully saturated rings. The number of carbonyl (C=O) groups excluding carboxylic acids is 1. The van der Waals surface area contributed by atoms with Crippen LogP contribution in [0.25, 0.3) is 0 Å². The third-order valence-electron chi connectivity index (χ3n) is 4.29. The van der Waals surface area contributed by atoms with E-state index in [4.69, 9.17) is 9.47 Å². The van der Waals surface area contributed by atoms with Gasteiger partial charge in [0.2, 0.25) is 0 Å². The van der Waals surface area contributed by atoms with Gasteiger partial charge < -0.3 is 14.8 Å². The van der Waals surface area contributed by atoms with Crippen molar-refractivity contribution in [2.75, 3.05) is 11.9 Å². The first-order valence-corrected chi connectivity index (χ1v) is 9.60. The van der Waals surface area contributed by atoms with E-state index in [1.807, 2.05) is 48.5 Å². The molecule has 2 aromatic carbocycles. The first-order valence-electron chi connectivity index (χ1n) is 9.60. The molecule has 27 heavy (non-hydrogen) atoms. The second-order valence-electron chi connectivity index (χ2n) is 7.75. The second-order valence-corrected chi connectivity index (χ2v) is 7.75. The lowest BCUT2D eigenvalue weighted by Crippen LogP contribution is -2.30. The van der Waals surface area contributed by atoms with Crippen LogP contribution in [0.3, 0.4) is 0 Å². The standard InChI is InChI=1S/C23H31NO3/c1-6-7-16-26-20-14-10-19(11-15-20)24-22(25)17(2)27-21-12-8-18(9-13-21)23(3,4)5/h8-15,17H,6-7,16H2,1-5H3,(H,24,25). The lowest BCUT2D eigenvalue weighted by molar-refractivity contribution is -0.122. The topological polar surface area (TPSA) is 47.6 Å². The van der Waals surface area contributed by atoms with Gasteiger partial charge in [0.05, 0.1) is 6.61 Å². The number of rotatable bonds is 8. The van der Waals surface area contributed by atoms with Crippen LogP contribution in [0.5, 0.6) is 11.5 Å². The summed E-state index contributed by atoms with van der Waals surface area (Å²) in [6.07, 6.45) is 1.54. The van der Waals surface area contributed by atoms with Gasteiger partial charge in [0.15, 0.2) is 6.10 Å². The summed E-state index contributed by atoms with van der Waals surface area (Å²) in [7, 11) is 0. The van der Waals surface area contributed by atoms with Crippen molar-refractivity contribution in [3.05, 3.63) is 54.1 Å². The highest BCUT2D eigenvalue weighted by Gasteiger charge is 2.17. The zero-order valence-electron chi connectivity index (χ0n) is 17.0. The summed E-state index contributed by atoms with van der Waals surface area (Å²) in [6, 6.07) is 15.3. The van der Waals surface area contributed by atoms with Crippen LogP contribution < -0.4 is 14.8 Å². The molecule has 1 N–H and O–H groups in total. The number of anilines is 1. The van der Waals surface area contributed by atoms with Crippen LogP contribution in [-0.4, -0.2) is 18.6 Å². The molecule has 146 valence electrons. The van der Waals surface area contributed by atoms with Crippen molar-refractivity contribution in [2.45, 2.75) is 59.0 Å². The number of hydrogen-bond acceptors (Lipinski definition) is 3. The van der Waals surface area contributed by atoms with E-state index in [1.54, 1.807) is 6.92 Å². The Balaban J connectivity index is 1.88. The summed E-state index contributed by atoms with van der Waals surface area (Å²) in [6.45, 7) is 11.1. The van der Waals surface area contributed by atoms with E-state index >= 15 is 0 Å². The minimum absolute atomic E-state index is 0.0912. The Bertz CT molecular complexity index is 715. The van der Waals surface area contributed by atoms with Crippen molar-refractivity contribution in [3.8, 4) is 11.5 Å². The molecule has 0 spiro atoms. The molecule has 4 nitrogen and oxygen atoms in total. The minimum Gasteiger partial charge on any atom is -0.494 e. The predicted octanol–water partition coefficient (Wildman–Crippen LogP) is 5.57. The maximum absolute atomic E-state index is 12.4. The SMILES string of the molecule is CCCCOc1ccc(NC(=O)C(C)Oc2ccc(C(C)(C)C)cc2)cc1. The number of carbonyl (C=O) groups is 1. The molecule has 0 heterocycles. The van der Waals surface area contributed by atoms with Gasteiger partial charge in [-0.15, -0.1) is 0 Å². The lowest BCUT2D eigenvalue weighted by atomic mass is 9.87. The van der Waals surface area contributed by atoms with Crippen LogP contribution >= 0.6 is 0 Å². The summed E-state index contributed by atoms with van der Waals surface area (Å²) in [5.74, 6) is 1.31. The fourth-order valence-electron chi connectivity index (χ4n) is 2.50. The lowest BCUT2D eigenvalue weighted by Gasteiger charge is -2.20. The van der Waals surface area contributed by atoms with E-state index in [0.29, 0.717) is 12.4 Å². The fourth-order valence-corrected chi connectivity index (χ4v) is 2.50. The predicted molar refractivity (Wildman–Crippen MR) is 111 cm³/mol. The summed E-state index contributed by atoms with van der Waals surface area (Å²) < 4.78 is 11.4. The Morgan fingerprint density at radius 3 is 2.15 bits per heavy atom. The first-order chi connectivity index (χ1) is 12.8. The van der Waals surface area contributed by atoms with Crippen molar-refractivity contribution >= 4 is 11.6 Å². The van der Waals surface area contributed by atoms with Crippen molar-refractivity contribution in [2.24, 2.45) is 0 Å². The molecule has 0 saturated carbocycles. The molecule has 2 aromatic rings. The maximum atomic E-state index is 12.4. The van der Waals surface area contributed by atoms with E-state index in [0.717, 1.165) is 24.3 Å². The molecule has 1 amide bonds. The number of ether oxygens (including phenoxy) is 2. The van der Waals surface area contributed by atoms with Crippen LogP contribution in [0.15, 0.2) is 48.5 Å². The van der Waals surface area contributed by atoms with Gasteiger partial charge in [0.25, 0.3) is 5.91 Å². The molecule has 0 radical (unpaired) electrons. The Hall–Kier alpha value is -2.49. The molecule has 0 aromatic heterocycles. The van der Waals surface area contributed by atoms with Crippen LogP contribution in [0, 0.1) is 0 Å². The number of nitrogens with one attached hydrogen (secondary N) is 1. The second kappa shape index (κ2) is 9.45. The molecule has 0 saturated heterocycles. The zero-order valence-corrected chi connectivity index (χ0v) is 17.0. The third kappa shape index (κ3) is 6.63. The summed E-state index contributed by atoms with van der Waals surface area (Å²) in [5.41, 5.74) is 2.04. The van der Waals surface area contributed by atoms with Crippen molar-refractivity contribution in [1.29, 1.82) is 0 Å². The largest absolute Gasteiger partial charge is 0.494 e. The van der Waals surface area contributed by atoms with E-state index < -0.39 is 6.10 Å². The highest BCUT2D eigenvalue weighted by Crippen LogP contribution is 2.25. The molecule has 0 aliphatic rings. The fraction of sp³-hybridized carbons (Fsp3) is 0.435.